The second kappa shape index (κ2) is 35.6. The summed E-state index contributed by atoms with van der Waals surface area (Å²) in [6.07, 6.45) is 26.6. The highest BCUT2D eigenvalue weighted by Crippen LogP contribution is 2.56. The summed E-state index contributed by atoms with van der Waals surface area (Å²) in [5, 5.41) is 20.8. The number of aliphatic hydroxyl groups excluding tert-OH is 2. The number of rotatable bonds is 41. The molecule has 0 bridgehead atoms. The minimum atomic E-state index is -5.73. The Morgan fingerprint density at radius 3 is 1.73 bits per heavy atom. The smallest absolute Gasteiger partial charge is 0.351 e. The number of anilines is 1. The minimum Gasteiger partial charge on any atom is -0.756 e. The van der Waals surface area contributed by atoms with Gasteiger partial charge >= 0.3 is 17.6 Å². The summed E-state index contributed by atoms with van der Waals surface area (Å²) in [6.45, 7) is 1.92. The van der Waals surface area contributed by atoms with Crippen molar-refractivity contribution >= 4 is 33.4 Å². The number of ether oxygens (including phenoxy) is 3. The number of unbranched alkanes of at least 4 members (excludes halogenated alkanes) is 23. The molecule has 20 heteroatoms. The third kappa shape index (κ3) is 28.1. The zero-order valence-electron chi connectivity index (χ0n) is 39.7. The first-order valence-electron chi connectivity index (χ1n) is 24.7. The maximum atomic E-state index is 12.8. The zero-order valence-corrected chi connectivity index (χ0v) is 41.5. The molecule has 0 spiro atoms. The van der Waals surface area contributed by atoms with Crippen LogP contribution in [0.15, 0.2) is 29.2 Å². The van der Waals surface area contributed by atoms with Crippen LogP contribution < -0.4 is 21.2 Å². The summed E-state index contributed by atoms with van der Waals surface area (Å²) < 4.78 is 55.7. The molecule has 1 saturated heterocycles. The lowest BCUT2D eigenvalue weighted by molar-refractivity contribution is -0.246. The van der Waals surface area contributed by atoms with Crippen molar-refractivity contribution in [2.45, 2.75) is 224 Å². The molecule has 382 valence electrons. The van der Waals surface area contributed by atoms with Crippen LogP contribution >= 0.6 is 15.6 Å². The molecule has 1 fully saturated rings. The van der Waals surface area contributed by atoms with Crippen molar-refractivity contribution in [1.29, 1.82) is 0 Å². The number of phosphoric ester groups is 2. The van der Waals surface area contributed by atoms with Gasteiger partial charge in [-0.1, -0.05) is 154 Å². The Kier molecular flexibility index (Phi) is 32.2. The van der Waals surface area contributed by atoms with Crippen molar-refractivity contribution in [2.24, 2.45) is 0 Å². The monoisotopic (exact) mass is 978 g/mol. The van der Waals surface area contributed by atoms with Gasteiger partial charge in [-0.3, -0.25) is 23.3 Å². The van der Waals surface area contributed by atoms with E-state index in [1.54, 1.807) is 0 Å². The summed E-state index contributed by atoms with van der Waals surface area (Å²) in [5.41, 5.74) is 4.55. The van der Waals surface area contributed by atoms with Crippen molar-refractivity contribution < 1.29 is 66.3 Å². The fourth-order valence-corrected chi connectivity index (χ4v) is 9.51. The van der Waals surface area contributed by atoms with Gasteiger partial charge in [-0.05, 0) is 44.6 Å². The lowest BCUT2D eigenvalue weighted by atomic mass is 10.0. The Morgan fingerprint density at radius 1 is 0.727 bits per heavy atom. The van der Waals surface area contributed by atoms with Crippen LogP contribution in [-0.4, -0.2) is 75.9 Å². The molecule has 1 aromatic rings. The van der Waals surface area contributed by atoms with Gasteiger partial charge in [0.25, 0.3) is 15.6 Å². The number of carbonyl (C=O) groups is 2. The van der Waals surface area contributed by atoms with Gasteiger partial charge < -0.3 is 49.0 Å². The number of hydrogen-bond donors (Lipinski definition) is 3. The maximum Gasteiger partial charge on any atom is 0.351 e. The number of carbonyl (C=O) groups excluding carboxylic acids is 2. The Morgan fingerprint density at radius 2 is 1.20 bits per heavy atom. The molecule has 0 aromatic carbocycles. The Hall–Kier alpha value is -2.50. The van der Waals surface area contributed by atoms with Crippen molar-refractivity contribution in [3.8, 4) is 0 Å². The molecule has 1 aliphatic heterocycles. The molecule has 1 aliphatic rings. The van der Waals surface area contributed by atoms with Gasteiger partial charge in [0.1, 0.15) is 30.7 Å². The van der Waals surface area contributed by atoms with Gasteiger partial charge in [0, 0.05) is 19.0 Å². The van der Waals surface area contributed by atoms with Gasteiger partial charge in [0.05, 0.1) is 13.2 Å². The number of esters is 2. The predicted molar refractivity (Wildman–Crippen MR) is 248 cm³/mol. The predicted octanol–water partition coefficient (Wildman–Crippen LogP) is 8.41. The molecule has 4 N–H and O–H groups in total. The number of nitrogens with two attached hydrogens (primary N) is 1. The number of hydrogen-bond acceptors (Lipinski definition) is 17. The van der Waals surface area contributed by atoms with Crippen LogP contribution in [0, 0.1) is 0 Å². The fraction of sp³-hybridized carbons (Fsp3) is 0.826. The largest absolute Gasteiger partial charge is 0.756 e. The molecule has 2 rings (SSSR count). The van der Waals surface area contributed by atoms with Crippen molar-refractivity contribution in [2.75, 3.05) is 25.6 Å². The molecular formula is C46H81N3O15P2-2. The first-order valence-corrected chi connectivity index (χ1v) is 27.6. The van der Waals surface area contributed by atoms with Gasteiger partial charge in [-0.15, -0.1) is 0 Å². The summed E-state index contributed by atoms with van der Waals surface area (Å²) in [6, 6.07) is 1.23. The summed E-state index contributed by atoms with van der Waals surface area (Å²) in [4.78, 5) is 66.3. The van der Waals surface area contributed by atoms with Gasteiger partial charge in [0.2, 0.25) is 0 Å². The van der Waals surface area contributed by atoms with E-state index in [0.717, 1.165) is 87.8 Å². The molecule has 2 heterocycles. The Labute approximate surface area is 392 Å². The topological polar surface area (TPSA) is 271 Å². The van der Waals surface area contributed by atoms with E-state index in [4.69, 9.17) is 24.5 Å². The maximum absolute atomic E-state index is 12.8. The van der Waals surface area contributed by atoms with Gasteiger partial charge in [0.15, 0.2) is 12.3 Å². The standard InChI is InChI=1S/C46H83N3O15P2/c1-3-5-7-9-11-13-15-17-18-20-22-24-26-28-30-32-42(51)62-38(35-59-41(50)31-29-27-25-23-21-19-16-14-12-10-8-6-4-2)36-60-65(55,56)64-66(57,58)61-37-39-43(52)44(53)45(63-39)49-34-33-40(47)48-46(49)54/h13,15,33-34,38-39,43-45,52-53H,3-12,14,16-32,35-37H2,1-2H3,(H,55,56)(H,57,58)(H2,47,48,54)/p-2/b15-13-/t38-,39-,43-,44-,45-/m1/s1. The number of nitrogens with zero attached hydrogens (tertiary/aromatic N) is 2. The van der Waals surface area contributed by atoms with E-state index in [0.29, 0.717) is 12.8 Å². The normalized spacial score (nSPS) is 19.7. The number of aromatic nitrogens is 2. The number of aliphatic hydroxyl groups is 2. The van der Waals surface area contributed by atoms with Crippen LogP contribution in [0.3, 0.4) is 0 Å². The van der Waals surface area contributed by atoms with Crippen LogP contribution in [0.1, 0.15) is 200 Å². The van der Waals surface area contributed by atoms with E-state index >= 15 is 0 Å². The molecule has 0 saturated carbocycles. The Bertz CT molecular complexity index is 1650. The first-order chi connectivity index (χ1) is 31.7. The minimum absolute atomic E-state index is 0.0235. The quantitative estimate of drug-likeness (QED) is 0.0240. The molecular weight excluding hydrogens is 896 g/mol. The van der Waals surface area contributed by atoms with Crippen LogP contribution in [0.25, 0.3) is 0 Å². The molecule has 0 amide bonds. The molecule has 66 heavy (non-hydrogen) atoms. The average molecular weight is 978 g/mol. The zero-order chi connectivity index (χ0) is 48.5. The summed E-state index contributed by atoms with van der Waals surface area (Å²) >= 11 is 0. The van der Waals surface area contributed by atoms with E-state index in [-0.39, 0.29) is 18.7 Å². The SMILES string of the molecule is CCCCCC/C=C\CCCCCCCCCC(=O)O[C@H](COC(=O)CCCCCCCCCCCCCCC)COP(=O)([O-])OP(=O)([O-])OC[C@H]1O[C@@H](n2ccc(N)nc2=O)[C@H](O)[C@@H]1O. The highest BCUT2D eigenvalue weighted by atomic mass is 31.3. The van der Waals surface area contributed by atoms with Gasteiger partial charge in [-0.2, -0.15) is 4.98 Å². The number of allylic oxidation sites excluding steroid dienone is 2. The van der Waals surface area contributed by atoms with E-state index in [9.17, 15) is 43.5 Å². The van der Waals surface area contributed by atoms with Crippen LogP contribution in [0.2, 0.25) is 0 Å². The number of nitrogen functional groups attached to an aromatic ring is 1. The lowest BCUT2D eigenvalue weighted by Crippen LogP contribution is -2.36. The van der Waals surface area contributed by atoms with Crippen LogP contribution in [-0.2, 0) is 46.3 Å². The first kappa shape index (κ1) is 59.6. The average Bonchev–Trinajstić information content (AvgIpc) is 3.55. The highest BCUT2D eigenvalue weighted by molar-refractivity contribution is 7.59. The second-order valence-electron chi connectivity index (χ2n) is 17.3. The van der Waals surface area contributed by atoms with Crippen LogP contribution in [0.5, 0.6) is 0 Å². The third-order valence-corrected chi connectivity index (χ3v) is 13.9. The van der Waals surface area contributed by atoms with Crippen LogP contribution in [0.4, 0.5) is 5.82 Å². The van der Waals surface area contributed by atoms with E-state index in [2.05, 4.69) is 39.8 Å². The third-order valence-electron chi connectivity index (χ3n) is 11.3. The molecule has 7 atom stereocenters. The van der Waals surface area contributed by atoms with E-state index in [1.807, 2.05) is 0 Å². The molecule has 18 nitrogen and oxygen atoms in total. The fourth-order valence-electron chi connectivity index (χ4n) is 7.47. The molecule has 2 unspecified atom stereocenters. The van der Waals surface area contributed by atoms with Crippen molar-refractivity contribution in [3.63, 3.8) is 0 Å². The second-order valence-corrected chi connectivity index (χ2v) is 20.2. The summed E-state index contributed by atoms with van der Waals surface area (Å²) in [5.74, 6) is -1.36. The number of phosphoric acid groups is 2. The molecule has 0 radical (unpaired) electrons. The molecule has 1 aromatic heterocycles. The van der Waals surface area contributed by atoms with E-state index in [1.165, 1.54) is 83.1 Å². The molecule has 0 aliphatic carbocycles. The van der Waals surface area contributed by atoms with Gasteiger partial charge in [-0.25, -0.2) is 9.11 Å². The van der Waals surface area contributed by atoms with E-state index < -0.39 is 83.7 Å². The summed E-state index contributed by atoms with van der Waals surface area (Å²) in [7, 11) is -11.5. The van der Waals surface area contributed by atoms with Crippen molar-refractivity contribution in [3.05, 3.63) is 34.9 Å². The lowest BCUT2D eigenvalue weighted by Gasteiger charge is -2.32. The highest BCUT2D eigenvalue weighted by Gasteiger charge is 2.45. The Balaban J connectivity index is 1.81. The van der Waals surface area contributed by atoms with Crippen molar-refractivity contribution in [1.82, 2.24) is 9.55 Å².